The fourth-order valence-electron chi connectivity index (χ4n) is 2.91. The van der Waals surface area contributed by atoms with Crippen molar-refractivity contribution in [1.82, 2.24) is 10.2 Å². The number of benzene rings is 1. The van der Waals surface area contributed by atoms with E-state index in [1.165, 1.54) is 0 Å². The van der Waals surface area contributed by atoms with Crippen molar-refractivity contribution in [3.8, 4) is 0 Å². The highest BCUT2D eigenvalue weighted by Gasteiger charge is 2.32. The lowest BCUT2D eigenvalue weighted by molar-refractivity contribution is -0.126. The number of nitrogens with zero attached hydrogens (tertiary/aromatic N) is 1. The van der Waals surface area contributed by atoms with E-state index in [-0.39, 0.29) is 23.9 Å². The van der Waals surface area contributed by atoms with Crippen LogP contribution in [0.25, 0.3) is 0 Å². The van der Waals surface area contributed by atoms with Gasteiger partial charge in [-0.1, -0.05) is 36.5 Å². The fourth-order valence-corrected chi connectivity index (χ4v) is 3.20. The van der Waals surface area contributed by atoms with Crippen molar-refractivity contribution >= 4 is 40.8 Å². The molecule has 0 bridgehead atoms. The lowest BCUT2D eigenvalue weighted by Crippen LogP contribution is -2.50. The van der Waals surface area contributed by atoms with E-state index in [1.54, 1.807) is 23.1 Å². The highest BCUT2D eigenvalue weighted by atomic mass is 35.5. The molecular weight excluding hydrogens is 361 g/mol. The molecule has 1 aromatic rings. The van der Waals surface area contributed by atoms with Crippen LogP contribution in [0.5, 0.6) is 0 Å². The summed E-state index contributed by atoms with van der Waals surface area (Å²) in [5.74, 6) is -0.125. The summed E-state index contributed by atoms with van der Waals surface area (Å²) in [5, 5.41) is 6.62. The summed E-state index contributed by atoms with van der Waals surface area (Å²) >= 11 is 11.9. The number of carbonyl (C=O) groups is 2. The molecule has 2 unspecified atom stereocenters. The van der Waals surface area contributed by atoms with Gasteiger partial charge in [0, 0.05) is 24.8 Å². The van der Waals surface area contributed by atoms with Crippen LogP contribution in [0.15, 0.2) is 18.2 Å². The van der Waals surface area contributed by atoms with Gasteiger partial charge in [0.2, 0.25) is 5.91 Å². The SMILES string of the molecule is CCCCNC(=O)C1CCC(C)N(C(=O)Nc2ccc(Cl)c(Cl)c2)C1. The molecule has 0 aromatic heterocycles. The van der Waals surface area contributed by atoms with Gasteiger partial charge >= 0.3 is 6.03 Å². The fraction of sp³-hybridized carbons (Fsp3) is 0.556. The molecule has 5 nitrogen and oxygen atoms in total. The van der Waals surface area contributed by atoms with E-state index < -0.39 is 0 Å². The number of anilines is 1. The molecule has 138 valence electrons. The van der Waals surface area contributed by atoms with Crippen LogP contribution in [0.3, 0.4) is 0 Å². The van der Waals surface area contributed by atoms with Gasteiger partial charge in [0.25, 0.3) is 0 Å². The van der Waals surface area contributed by atoms with Gasteiger partial charge in [0.15, 0.2) is 0 Å². The Balaban J connectivity index is 1.97. The molecule has 1 aromatic carbocycles. The minimum absolute atomic E-state index is 0.0349. The number of hydrogen-bond acceptors (Lipinski definition) is 2. The molecule has 0 saturated carbocycles. The minimum atomic E-state index is -0.225. The van der Waals surface area contributed by atoms with E-state index in [2.05, 4.69) is 17.6 Å². The zero-order valence-electron chi connectivity index (χ0n) is 14.6. The predicted octanol–water partition coefficient (Wildman–Crippen LogP) is 4.54. The zero-order chi connectivity index (χ0) is 18.4. The van der Waals surface area contributed by atoms with E-state index in [0.717, 1.165) is 25.7 Å². The van der Waals surface area contributed by atoms with Gasteiger partial charge in [-0.3, -0.25) is 4.79 Å². The second-order valence-corrected chi connectivity index (χ2v) is 7.29. The lowest BCUT2D eigenvalue weighted by Gasteiger charge is -2.37. The molecule has 1 fully saturated rings. The Labute approximate surface area is 159 Å². The summed E-state index contributed by atoms with van der Waals surface area (Å²) in [4.78, 5) is 26.6. The van der Waals surface area contributed by atoms with Gasteiger partial charge in [0.05, 0.1) is 16.0 Å². The van der Waals surface area contributed by atoms with Gasteiger partial charge in [-0.15, -0.1) is 0 Å². The third kappa shape index (κ3) is 5.51. The third-order valence-corrected chi connectivity index (χ3v) is 5.25. The number of amides is 3. The van der Waals surface area contributed by atoms with Crippen LogP contribution in [-0.2, 0) is 4.79 Å². The quantitative estimate of drug-likeness (QED) is 0.730. The van der Waals surface area contributed by atoms with Crippen molar-refractivity contribution in [3.63, 3.8) is 0 Å². The highest BCUT2D eigenvalue weighted by Crippen LogP contribution is 2.27. The molecule has 2 N–H and O–H groups in total. The maximum Gasteiger partial charge on any atom is 0.322 e. The number of unbranched alkanes of at least 4 members (excludes halogenated alkanes) is 1. The number of urea groups is 1. The Bertz CT molecular complexity index is 624. The normalized spacial score (nSPS) is 20.2. The van der Waals surface area contributed by atoms with Crippen LogP contribution in [-0.4, -0.2) is 36.0 Å². The molecule has 1 heterocycles. The number of likely N-dealkylation sites (tertiary alicyclic amines) is 1. The molecular formula is C18H25Cl2N3O2. The Kier molecular flexibility index (Phi) is 7.38. The minimum Gasteiger partial charge on any atom is -0.356 e. The first-order valence-electron chi connectivity index (χ1n) is 8.72. The number of halogens is 2. The predicted molar refractivity (Wildman–Crippen MR) is 102 cm³/mol. The van der Waals surface area contributed by atoms with Gasteiger partial charge in [-0.25, -0.2) is 4.79 Å². The summed E-state index contributed by atoms with van der Waals surface area (Å²) in [6.45, 7) is 5.20. The Hall–Kier alpha value is -1.46. The Morgan fingerprint density at radius 3 is 2.68 bits per heavy atom. The van der Waals surface area contributed by atoms with Crippen molar-refractivity contribution < 1.29 is 9.59 Å². The summed E-state index contributed by atoms with van der Waals surface area (Å²) < 4.78 is 0. The molecule has 7 heteroatoms. The maximum absolute atomic E-state index is 12.6. The van der Waals surface area contributed by atoms with Crippen LogP contribution in [0.4, 0.5) is 10.5 Å². The summed E-state index contributed by atoms with van der Waals surface area (Å²) in [7, 11) is 0. The number of piperidine rings is 1. The van der Waals surface area contributed by atoms with Gasteiger partial charge in [-0.05, 0) is 44.4 Å². The largest absolute Gasteiger partial charge is 0.356 e. The standard InChI is InChI=1S/C18H25Cl2N3O2/c1-3-4-9-21-17(24)13-6-5-12(2)23(11-13)18(25)22-14-7-8-15(19)16(20)10-14/h7-8,10,12-13H,3-6,9,11H2,1-2H3,(H,21,24)(H,22,25). The van der Waals surface area contributed by atoms with Crippen LogP contribution in [0.1, 0.15) is 39.5 Å². The summed E-state index contributed by atoms with van der Waals surface area (Å²) in [5.41, 5.74) is 0.584. The van der Waals surface area contributed by atoms with E-state index in [0.29, 0.717) is 28.8 Å². The number of carbonyl (C=O) groups excluding carboxylic acids is 2. The van der Waals surface area contributed by atoms with Gasteiger partial charge < -0.3 is 15.5 Å². The van der Waals surface area contributed by atoms with Crippen molar-refractivity contribution in [2.45, 2.75) is 45.6 Å². The van der Waals surface area contributed by atoms with Crippen LogP contribution in [0.2, 0.25) is 10.0 Å². The van der Waals surface area contributed by atoms with Crippen LogP contribution < -0.4 is 10.6 Å². The van der Waals surface area contributed by atoms with Crippen LogP contribution in [0, 0.1) is 5.92 Å². The smallest absolute Gasteiger partial charge is 0.322 e. The first-order chi connectivity index (χ1) is 11.9. The Morgan fingerprint density at radius 2 is 2.00 bits per heavy atom. The monoisotopic (exact) mass is 385 g/mol. The molecule has 1 saturated heterocycles. The van der Waals surface area contributed by atoms with Crippen molar-refractivity contribution in [1.29, 1.82) is 0 Å². The molecule has 25 heavy (non-hydrogen) atoms. The lowest BCUT2D eigenvalue weighted by atomic mass is 9.93. The molecule has 0 spiro atoms. The molecule has 2 atom stereocenters. The topological polar surface area (TPSA) is 61.4 Å². The number of nitrogens with one attached hydrogen (secondary N) is 2. The third-order valence-electron chi connectivity index (χ3n) is 4.51. The van der Waals surface area contributed by atoms with Gasteiger partial charge in [0.1, 0.15) is 0 Å². The maximum atomic E-state index is 12.6. The van der Waals surface area contributed by atoms with Crippen molar-refractivity contribution in [2.75, 3.05) is 18.4 Å². The van der Waals surface area contributed by atoms with E-state index >= 15 is 0 Å². The molecule has 1 aliphatic heterocycles. The number of hydrogen-bond donors (Lipinski definition) is 2. The molecule has 0 aliphatic carbocycles. The highest BCUT2D eigenvalue weighted by molar-refractivity contribution is 6.42. The first kappa shape index (κ1) is 19.9. The molecule has 0 radical (unpaired) electrons. The average Bonchev–Trinajstić information content (AvgIpc) is 2.58. The van der Waals surface area contributed by atoms with Crippen molar-refractivity contribution in [3.05, 3.63) is 28.2 Å². The molecule has 2 rings (SSSR count). The summed E-state index contributed by atoms with van der Waals surface area (Å²) in [6, 6.07) is 4.82. The van der Waals surface area contributed by atoms with Crippen molar-refractivity contribution in [2.24, 2.45) is 5.92 Å². The second-order valence-electron chi connectivity index (χ2n) is 6.48. The van der Waals surface area contributed by atoms with E-state index in [9.17, 15) is 9.59 Å². The zero-order valence-corrected chi connectivity index (χ0v) is 16.2. The van der Waals surface area contributed by atoms with Crippen LogP contribution >= 0.6 is 23.2 Å². The first-order valence-corrected chi connectivity index (χ1v) is 9.48. The van der Waals surface area contributed by atoms with Gasteiger partial charge in [-0.2, -0.15) is 0 Å². The van der Waals surface area contributed by atoms with E-state index in [1.807, 2.05) is 6.92 Å². The average molecular weight is 386 g/mol. The summed E-state index contributed by atoms with van der Waals surface area (Å²) in [6.07, 6.45) is 3.62. The second kappa shape index (κ2) is 9.30. The Morgan fingerprint density at radius 1 is 1.24 bits per heavy atom. The van der Waals surface area contributed by atoms with E-state index in [4.69, 9.17) is 23.2 Å². The molecule has 1 aliphatic rings. The molecule has 3 amide bonds. The number of rotatable bonds is 5.